The summed E-state index contributed by atoms with van der Waals surface area (Å²) in [6, 6.07) is 0. The van der Waals surface area contributed by atoms with Crippen molar-refractivity contribution in [2.75, 3.05) is 12.4 Å². The van der Waals surface area contributed by atoms with Crippen molar-refractivity contribution >= 4 is 27.7 Å². The molecular formula is C24H32O9S. The van der Waals surface area contributed by atoms with Gasteiger partial charge in [0.15, 0.2) is 12.4 Å². The summed E-state index contributed by atoms with van der Waals surface area (Å²) in [7, 11) is -4.34. The number of ether oxygens (including phenoxy) is 1. The third kappa shape index (κ3) is 3.98. The quantitative estimate of drug-likeness (QED) is 0.365. The van der Waals surface area contributed by atoms with Crippen LogP contribution in [-0.2, 0) is 29.2 Å². The number of rotatable bonds is 6. The third-order valence-corrected chi connectivity index (χ3v) is 9.76. The number of esters is 1. The highest BCUT2D eigenvalue weighted by Crippen LogP contribution is 2.67. The Bertz CT molecular complexity index is 1080. The lowest BCUT2D eigenvalue weighted by molar-refractivity contribution is -0.181. The molecule has 0 radical (unpaired) electrons. The van der Waals surface area contributed by atoms with Crippen LogP contribution in [0.2, 0.25) is 0 Å². The van der Waals surface area contributed by atoms with Gasteiger partial charge in [0, 0.05) is 16.7 Å². The van der Waals surface area contributed by atoms with E-state index < -0.39 is 63.2 Å². The van der Waals surface area contributed by atoms with Crippen molar-refractivity contribution in [2.24, 2.45) is 28.6 Å². The van der Waals surface area contributed by atoms with Crippen LogP contribution < -0.4 is 0 Å². The van der Waals surface area contributed by atoms with Gasteiger partial charge >= 0.3 is 5.97 Å². The van der Waals surface area contributed by atoms with E-state index in [1.54, 1.807) is 12.2 Å². The van der Waals surface area contributed by atoms with Crippen LogP contribution in [-0.4, -0.2) is 64.8 Å². The van der Waals surface area contributed by atoms with Crippen molar-refractivity contribution < 1.29 is 42.3 Å². The second kappa shape index (κ2) is 8.36. The van der Waals surface area contributed by atoms with Crippen molar-refractivity contribution in [2.45, 2.75) is 64.1 Å². The first-order valence-electron chi connectivity index (χ1n) is 11.7. The monoisotopic (exact) mass is 496 g/mol. The first-order valence-corrected chi connectivity index (χ1v) is 13.3. The van der Waals surface area contributed by atoms with Crippen LogP contribution in [0.25, 0.3) is 0 Å². The van der Waals surface area contributed by atoms with Crippen LogP contribution in [0.3, 0.4) is 0 Å². The number of hydrogen-bond acceptors (Lipinski definition) is 8. The minimum atomic E-state index is -4.34. The summed E-state index contributed by atoms with van der Waals surface area (Å²) in [5, 5.41) is 22.9. The van der Waals surface area contributed by atoms with E-state index in [1.165, 1.54) is 0 Å². The summed E-state index contributed by atoms with van der Waals surface area (Å²) in [6.07, 6.45) is 6.14. The molecule has 9 nitrogen and oxygen atoms in total. The molecule has 0 heterocycles. The summed E-state index contributed by atoms with van der Waals surface area (Å²) in [5.41, 5.74) is -2.14. The molecular weight excluding hydrogens is 464 g/mol. The van der Waals surface area contributed by atoms with Crippen LogP contribution in [0, 0.1) is 28.6 Å². The molecule has 4 aliphatic rings. The molecule has 0 bridgehead atoms. The fourth-order valence-corrected chi connectivity index (χ4v) is 7.76. The molecule has 0 amide bonds. The Morgan fingerprint density at radius 1 is 1.24 bits per heavy atom. The van der Waals surface area contributed by atoms with Gasteiger partial charge in [-0.15, -0.1) is 0 Å². The molecule has 3 N–H and O–H groups in total. The van der Waals surface area contributed by atoms with E-state index in [0.29, 0.717) is 12.8 Å². The number of hydrogen-bond donors (Lipinski definition) is 3. The standard InChI is InChI=1S/C24H32O9S/c1-22-8-5-15(25)11-14(22)3-4-16-17-6-9-24(29,23(17,2)12-18(26)21(16)22)19(27)13-33-20(28)7-10-34(30,31)32/h5,8,11,16-18,21,26,29H,3-4,6-7,9-10,12-13H2,1-2H3,(H,30,31,32)/t16-,17-,18?,21+,22-,23-,24-/m0/s1. The summed E-state index contributed by atoms with van der Waals surface area (Å²) in [4.78, 5) is 36.8. The second-order valence-corrected chi connectivity index (χ2v) is 12.3. The van der Waals surface area contributed by atoms with Crippen LogP contribution in [0.4, 0.5) is 0 Å². The van der Waals surface area contributed by atoms with Gasteiger partial charge in [-0.3, -0.25) is 18.9 Å². The van der Waals surface area contributed by atoms with E-state index >= 15 is 0 Å². The highest BCUT2D eigenvalue weighted by molar-refractivity contribution is 7.85. The summed E-state index contributed by atoms with van der Waals surface area (Å²) >= 11 is 0. The predicted octanol–water partition coefficient (Wildman–Crippen LogP) is 1.39. The van der Waals surface area contributed by atoms with Crippen LogP contribution in [0.5, 0.6) is 0 Å². The number of aliphatic hydroxyl groups is 2. The Morgan fingerprint density at radius 2 is 1.94 bits per heavy atom. The average Bonchev–Trinajstić information content (AvgIpc) is 3.01. The zero-order chi connectivity index (χ0) is 25.1. The van der Waals surface area contributed by atoms with Crippen LogP contribution in [0.1, 0.15) is 52.4 Å². The summed E-state index contributed by atoms with van der Waals surface area (Å²) in [6.45, 7) is 3.15. The second-order valence-electron chi connectivity index (χ2n) is 10.7. The number of fused-ring (bicyclic) bond motifs is 5. The normalized spacial score (nSPS) is 41.2. The van der Waals surface area contributed by atoms with Gasteiger partial charge in [-0.25, -0.2) is 0 Å². The molecule has 0 aromatic heterocycles. The topological polar surface area (TPSA) is 155 Å². The van der Waals surface area contributed by atoms with E-state index in [-0.39, 0.29) is 36.4 Å². The van der Waals surface area contributed by atoms with E-state index in [2.05, 4.69) is 0 Å². The molecule has 188 valence electrons. The van der Waals surface area contributed by atoms with Crippen LogP contribution >= 0.6 is 0 Å². The number of ketones is 2. The molecule has 4 rings (SSSR count). The lowest BCUT2D eigenvalue weighted by Gasteiger charge is -2.59. The molecule has 1 unspecified atom stereocenters. The molecule has 0 spiro atoms. The van der Waals surface area contributed by atoms with E-state index in [9.17, 15) is 33.0 Å². The maximum Gasteiger partial charge on any atom is 0.307 e. The average molecular weight is 497 g/mol. The Balaban J connectivity index is 1.52. The first-order chi connectivity index (χ1) is 15.7. The molecule has 0 aromatic rings. The smallest absolute Gasteiger partial charge is 0.307 e. The van der Waals surface area contributed by atoms with Gasteiger partial charge in [0.05, 0.1) is 18.3 Å². The van der Waals surface area contributed by atoms with Gasteiger partial charge in [-0.2, -0.15) is 8.42 Å². The minimum Gasteiger partial charge on any atom is -0.458 e. The highest BCUT2D eigenvalue weighted by Gasteiger charge is 2.68. The Hall–Kier alpha value is -1.88. The largest absolute Gasteiger partial charge is 0.458 e. The summed E-state index contributed by atoms with van der Waals surface area (Å²) in [5.74, 6) is -2.61. The fourth-order valence-electron chi connectivity index (χ4n) is 7.34. The molecule has 0 saturated heterocycles. The number of Topliss-reactive ketones (excluding diaryl/α,β-unsaturated/α-hetero) is 1. The van der Waals surface area contributed by atoms with Gasteiger partial charge < -0.3 is 14.9 Å². The molecule has 0 aliphatic heterocycles. The predicted molar refractivity (Wildman–Crippen MR) is 120 cm³/mol. The van der Waals surface area contributed by atoms with Gasteiger partial charge in [0.2, 0.25) is 5.78 Å². The molecule has 3 fully saturated rings. The van der Waals surface area contributed by atoms with Crippen molar-refractivity contribution in [3.05, 3.63) is 23.8 Å². The zero-order valence-corrected chi connectivity index (χ0v) is 20.2. The Morgan fingerprint density at radius 3 is 2.62 bits per heavy atom. The number of carbonyl (C=O) groups is 3. The Kier molecular flexibility index (Phi) is 6.20. The van der Waals surface area contributed by atoms with E-state index in [1.807, 2.05) is 19.9 Å². The van der Waals surface area contributed by atoms with E-state index in [0.717, 1.165) is 12.0 Å². The van der Waals surface area contributed by atoms with Crippen LogP contribution in [0.15, 0.2) is 23.8 Å². The maximum absolute atomic E-state index is 13.1. The first kappa shape index (κ1) is 25.2. The molecule has 0 aromatic carbocycles. The third-order valence-electron chi connectivity index (χ3n) is 9.04. The number of allylic oxidation sites excluding steroid dienone is 4. The number of aliphatic hydroxyl groups excluding tert-OH is 1. The fraction of sp³-hybridized carbons (Fsp3) is 0.708. The molecule has 34 heavy (non-hydrogen) atoms. The lowest BCUT2D eigenvalue weighted by Crippen LogP contribution is -2.61. The van der Waals surface area contributed by atoms with Gasteiger partial charge in [0.25, 0.3) is 10.1 Å². The van der Waals surface area contributed by atoms with Crippen molar-refractivity contribution in [1.82, 2.24) is 0 Å². The molecule has 7 atom stereocenters. The van der Waals surface area contributed by atoms with E-state index in [4.69, 9.17) is 9.29 Å². The van der Waals surface area contributed by atoms with Gasteiger partial charge in [0.1, 0.15) is 5.60 Å². The SMILES string of the molecule is C[C@]12C=CC(=O)C=C1CC[C@@H]1[C@@H]2C(O)C[C@@]2(C)[C@H]1CC[C@]2(O)C(=O)COC(=O)CCS(=O)(=O)O. The van der Waals surface area contributed by atoms with Crippen molar-refractivity contribution in [3.8, 4) is 0 Å². The molecule has 3 saturated carbocycles. The van der Waals surface area contributed by atoms with Gasteiger partial charge in [-0.1, -0.05) is 25.5 Å². The minimum absolute atomic E-state index is 0.0329. The number of carbonyl (C=O) groups excluding carboxylic acids is 3. The van der Waals surface area contributed by atoms with Gasteiger partial charge in [-0.05, 0) is 56.1 Å². The summed E-state index contributed by atoms with van der Waals surface area (Å²) < 4.78 is 35.2. The zero-order valence-electron chi connectivity index (χ0n) is 19.4. The highest BCUT2D eigenvalue weighted by atomic mass is 32.2. The van der Waals surface area contributed by atoms with Crippen molar-refractivity contribution in [1.29, 1.82) is 0 Å². The molecule has 10 heteroatoms. The van der Waals surface area contributed by atoms with Crippen molar-refractivity contribution in [3.63, 3.8) is 0 Å². The maximum atomic E-state index is 13.1. The lowest BCUT2D eigenvalue weighted by atomic mass is 9.46. The molecule has 4 aliphatic carbocycles. The Labute approximate surface area is 199 Å².